The van der Waals surface area contributed by atoms with Crippen molar-refractivity contribution in [1.82, 2.24) is 10.2 Å². The number of aryl methyl sites for hydroxylation is 1. The van der Waals surface area contributed by atoms with E-state index in [1.807, 2.05) is 0 Å². The smallest absolute Gasteiger partial charge is 0.194 e. The van der Waals surface area contributed by atoms with Crippen molar-refractivity contribution in [3.05, 3.63) is 35.4 Å². The van der Waals surface area contributed by atoms with E-state index < -0.39 is 0 Å². The molecule has 5 heteroatoms. The molecule has 1 heterocycles. The van der Waals surface area contributed by atoms with E-state index in [0.29, 0.717) is 6.54 Å². The van der Waals surface area contributed by atoms with Gasteiger partial charge in [-0.1, -0.05) is 43.7 Å². The zero-order valence-corrected chi connectivity index (χ0v) is 17.0. The fourth-order valence-electron chi connectivity index (χ4n) is 2.73. The molecular weight excluding hydrogens is 401 g/mol. The van der Waals surface area contributed by atoms with Gasteiger partial charge in [-0.25, -0.2) is 0 Å². The van der Waals surface area contributed by atoms with Gasteiger partial charge in [0.2, 0.25) is 0 Å². The van der Waals surface area contributed by atoms with Gasteiger partial charge in [-0.15, -0.1) is 24.0 Å². The van der Waals surface area contributed by atoms with Crippen molar-refractivity contribution in [3.63, 3.8) is 0 Å². The van der Waals surface area contributed by atoms with Crippen molar-refractivity contribution in [2.45, 2.75) is 45.6 Å². The number of nitrogens with zero attached hydrogens (tertiary/aromatic N) is 2. The Hall–Kier alpha value is -0.820. The third-order valence-electron chi connectivity index (χ3n) is 4.25. The zero-order chi connectivity index (χ0) is 16.2. The van der Waals surface area contributed by atoms with Gasteiger partial charge in [-0.2, -0.15) is 0 Å². The Kier molecular flexibility index (Phi) is 7.80. The van der Waals surface area contributed by atoms with E-state index in [9.17, 15) is 5.11 Å². The van der Waals surface area contributed by atoms with Crippen LogP contribution < -0.4 is 5.32 Å². The number of aliphatic hydroxyl groups excluding tert-OH is 1. The number of hydrogen-bond acceptors (Lipinski definition) is 2. The summed E-state index contributed by atoms with van der Waals surface area (Å²) >= 11 is 0. The van der Waals surface area contributed by atoms with Crippen molar-refractivity contribution in [1.29, 1.82) is 0 Å². The van der Waals surface area contributed by atoms with Crippen LogP contribution in [0.1, 0.15) is 38.3 Å². The van der Waals surface area contributed by atoms with Crippen LogP contribution in [0.25, 0.3) is 0 Å². The lowest BCUT2D eigenvalue weighted by molar-refractivity contribution is 0.187. The molecule has 0 unspecified atom stereocenters. The first-order valence-corrected chi connectivity index (χ1v) is 8.21. The molecule has 1 atom stereocenters. The molecule has 0 spiro atoms. The number of rotatable bonds is 4. The molecule has 1 aromatic carbocycles. The van der Waals surface area contributed by atoms with Gasteiger partial charge >= 0.3 is 0 Å². The molecule has 4 nitrogen and oxygen atoms in total. The number of β-amino-alcohol motifs (C(OH)–C–C–N with tert-alkyl or cyclic N) is 1. The number of guanidine groups is 1. The van der Waals surface area contributed by atoms with E-state index >= 15 is 0 Å². The van der Waals surface area contributed by atoms with Crippen molar-refractivity contribution in [2.24, 2.45) is 4.99 Å². The van der Waals surface area contributed by atoms with Gasteiger partial charge in [0.15, 0.2) is 5.96 Å². The van der Waals surface area contributed by atoms with Crippen LogP contribution in [-0.2, 0) is 5.41 Å². The Labute approximate surface area is 157 Å². The summed E-state index contributed by atoms with van der Waals surface area (Å²) in [6.45, 7) is 11.8. The predicted octanol–water partition coefficient (Wildman–Crippen LogP) is 2.92. The number of hydrogen-bond donors (Lipinski definition) is 2. The summed E-state index contributed by atoms with van der Waals surface area (Å²) < 4.78 is 0. The SMILES string of the molecule is CCNC(=NCC(C)(C)c1ccc(C)cc1)N1CC[C@@H](O)C1.I. The summed E-state index contributed by atoms with van der Waals surface area (Å²) in [5.74, 6) is 0.916. The Bertz CT molecular complexity index is 514. The van der Waals surface area contributed by atoms with E-state index in [1.54, 1.807) is 0 Å². The summed E-state index contributed by atoms with van der Waals surface area (Å²) in [7, 11) is 0. The third kappa shape index (κ3) is 5.64. The number of aliphatic imine (C=N–C) groups is 1. The Morgan fingerprint density at radius 3 is 2.52 bits per heavy atom. The Balaban J connectivity index is 0.00000264. The first-order chi connectivity index (χ1) is 10.4. The Morgan fingerprint density at radius 1 is 1.35 bits per heavy atom. The molecule has 2 N–H and O–H groups in total. The van der Waals surface area contributed by atoms with Crippen LogP contribution in [0, 0.1) is 6.92 Å². The molecule has 0 bridgehead atoms. The van der Waals surface area contributed by atoms with Crippen LogP contribution in [0.2, 0.25) is 0 Å². The maximum absolute atomic E-state index is 9.72. The quantitative estimate of drug-likeness (QED) is 0.438. The minimum absolute atomic E-state index is 0. The highest BCUT2D eigenvalue weighted by Crippen LogP contribution is 2.24. The molecule has 2 rings (SSSR count). The van der Waals surface area contributed by atoms with Crippen LogP contribution in [0.15, 0.2) is 29.3 Å². The van der Waals surface area contributed by atoms with E-state index in [-0.39, 0.29) is 35.5 Å². The molecule has 1 fully saturated rings. The average molecular weight is 431 g/mol. The fraction of sp³-hybridized carbons (Fsp3) is 0.611. The number of halogens is 1. The second kappa shape index (κ2) is 8.87. The molecule has 23 heavy (non-hydrogen) atoms. The molecule has 0 saturated carbocycles. The van der Waals surface area contributed by atoms with E-state index in [0.717, 1.165) is 32.0 Å². The molecule has 0 aliphatic carbocycles. The lowest BCUT2D eigenvalue weighted by atomic mass is 9.84. The zero-order valence-electron chi connectivity index (χ0n) is 14.7. The standard InChI is InChI=1S/C18H29N3O.HI/c1-5-19-17(21-11-10-16(22)12-21)20-13-18(3,4)15-8-6-14(2)7-9-15;/h6-9,16,22H,5,10-13H2,1-4H3,(H,19,20);1H/t16-;/m1./s1. The number of aliphatic hydroxyl groups is 1. The van der Waals surface area contributed by atoms with E-state index in [2.05, 4.69) is 62.2 Å². The molecule has 1 saturated heterocycles. The number of likely N-dealkylation sites (tertiary alicyclic amines) is 1. The first-order valence-electron chi connectivity index (χ1n) is 8.21. The maximum Gasteiger partial charge on any atom is 0.194 e. The molecule has 0 radical (unpaired) electrons. The lowest BCUT2D eigenvalue weighted by Gasteiger charge is -2.26. The van der Waals surface area contributed by atoms with Gasteiger partial charge in [0, 0.05) is 25.0 Å². The largest absolute Gasteiger partial charge is 0.391 e. The molecule has 130 valence electrons. The van der Waals surface area contributed by atoms with Crippen molar-refractivity contribution >= 4 is 29.9 Å². The van der Waals surface area contributed by atoms with Crippen LogP contribution in [0.5, 0.6) is 0 Å². The van der Waals surface area contributed by atoms with Gasteiger partial charge in [-0.3, -0.25) is 4.99 Å². The number of nitrogens with one attached hydrogen (secondary N) is 1. The van der Waals surface area contributed by atoms with Crippen molar-refractivity contribution in [2.75, 3.05) is 26.2 Å². The fourth-order valence-corrected chi connectivity index (χ4v) is 2.73. The van der Waals surface area contributed by atoms with Crippen LogP contribution >= 0.6 is 24.0 Å². The predicted molar refractivity (Wildman–Crippen MR) is 108 cm³/mol. The highest BCUT2D eigenvalue weighted by molar-refractivity contribution is 14.0. The summed E-state index contributed by atoms with van der Waals surface area (Å²) in [6.07, 6.45) is 0.597. The molecule has 1 aromatic rings. The minimum atomic E-state index is -0.228. The van der Waals surface area contributed by atoms with Gasteiger partial charge in [0.05, 0.1) is 12.6 Å². The molecular formula is C18H30IN3O. The number of benzene rings is 1. The van der Waals surface area contributed by atoms with Crippen molar-refractivity contribution < 1.29 is 5.11 Å². The van der Waals surface area contributed by atoms with Crippen LogP contribution in [0.4, 0.5) is 0 Å². The van der Waals surface area contributed by atoms with Gasteiger partial charge in [0.25, 0.3) is 0 Å². The minimum Gasteiger partial charge on any atom is -0.391 e. The Morgan fingerprint density at radius 2 is 2.00 bits per heavy atom. The van der Waals surface area contributed by atoms with Crippen molar-refractivity contribution in [3.8, 4) is 0 Å². The van der Waals surface area contributed by atoms with Crippen LogP contribution in [0.3, 0.4) is 0 Å². The van der Waals surface area contributed by atoms with E-state index in [1.165, 1.54) is 11.1 Å². The highest BCUT2D eigenvalue weighted by atomic mass is 127. The monoisotopic (exact) mass is 431 g/mol. The second-order valence-electron chi connectivity index (χ2n) is 6.81. The molecule has 0 amide bonds. The van der Waals surface area contributed by atoms with E-state index in [4.69, 9.17) is 4.99 Å². The topological polar surface area (TPSA) is 47.9 Å². The normalized spacial score (nSPS) is 18.7. The maximum atomic E-state index is 9.72. The summed E-state index contributed by atoms with van der Waals surface area (Å²) in [5, 5.41) is 13.1. The molecule has 1 aliphatic rings. The summed E-state index contributed by atoms with van der Waals surface area (Å²) in [4.78, 5) is 6.97. The average Bonchev–Trinajstić information content (AvgIpc) is 2.90. The van der Waals surface area contributed by atoms with Gasteiger partial charge in [-0.05, 0) is 25.8 Å². The summed E-state index contributed by atoms with van der Waals surface area (Å²) in [5.41, 5.74) is 2.58. The third-order valence-corrected chi connectivity index (χ3v) is 4.25. The van der Waals surface area contributed by atoms with Gasteiger partial charge < -0.3 is 15.3 Å². The second-order valence-corrected chi connectivity index (χ2v) is 6.81. The highest BCUT2D eigenvalue weighted by Gasteiger charge is 2.25. The van der Waals surface area contributed by atoms with Gasteiger partial charge in [0.1, 0.15) is 0 Å². The first kappa shape index (κ1) is 20.2. The summed E-state index contributed by atoms with van der Waals surface area (Å²) in [6, 6.07) is 8.69. The van der Waals surface area contributed by atoms with Crippen LogP contribution in [-0.4, -0.2) is 48.2 Å². The molecule has 1 aliphatic heterocycles. The molecule has 0 aromatic heterocycles. The lowest BCUT2D eigenvalue weighted by Crippen LogP contribution is -2.41.